The third-order valence-corrected chi connectivity index (χ3v) is 1.61. The molecule has 0 aliphatic carbocycles. The summed E-state index contributed by atoms with van der Waals surface area (Å²) in [4.78, 5) is 0. The van der Waals surface area contributed by atoms with Gasteiger partial charge in [-0.1, -0.05) is 12.1 Å². The second kappa shape index (κ2) is 4.16. The number of alkyl halides is 1. The molecule has 3 heteroatoms. The zero-order valence-electron chi connectivity index (χ0n) is 6.50. The molecule has 0 saturated carbocycles. The average Bonchev–Trinajstić information content (AvgIpc) is 2.06. The fourth-order valence-corrected chi connectivity index (χ4v) is 0.952. The Bertz CT molecular complexity index is 233. The predicted molar refractivity (Wildman–Crippen MR) is 42.0 cm³/mol. The van der Waals surface area contributed by atoms with Crippen molar-refractivity contribution >= 4 is 0 Å². The molecule has 0 bridgehead atoms. The van der Waals surface area contributed by atoms with Gasteiger partial charge in [0.25, 0.3) is 0 Å². The number of hydrogen-bond donors (Lipinski definition) is 1. The summed E-state index contributed by atoms with van der Waals surface area (Å²) in [5, 5.41) is 8.44. The molecular formula is C9H10F2O. The van der Waals surface area contributed by atoms with E-state index in [1.807, 2.05) is 0 Å². The summed E-state index contributed by atoms with van der Waals surface area (Å²) in [6, 6.07) is 5.18. The van der Waals surface area contributed by atoms with Gasteiger partial charge in [0.05, 0.1) is 0 Å². The van der Waals surface area contributed by atoms with Gasteiger partial charge in [0.2, 0.25) is 0 Å². The quantitative estimate of drug-likeness (QED) is 0.741. The van der Waals surface area contributed by atoms with E-state index in [1.165, 1.54) is 24.3 Å². The van der Waals surface area contributed by atoms with E-state index in [2.05, 4.69) is 0 Å². The highest BCUT2D eigenvalue weighted by Gasteiger charge is 2.07. The molecule has 1 atom stereocenters. The molecule has 0 aliphatic rings. The molecule has 0 saturated heterocycles. The van der Waals surface area contributed by atoms with Crippen molar-refractivity contribution < 1.29 is 13.9 Å². The lowest BCUT2D eigenvalue weighted by atomic mass is 10.1. The molecule has 12 heavy (non-hydrogen) atoms. The van der Waals surface area contributed by atoms with E-state index in [9.17, 15) is 8.78 Å². The van der Waals surface area contributed by atoms with Crippen LogP contribution in [-0.4, -0.2) is 11.7 Å². The fourth-order valence-electron chi connectivity index (χ4n) is 0.952. The topological polar surface area (TPSA) is 20.2 Å². The number of halogens is 2. The Kier molecular flexibility index (Phi) is 3.17. The number of aliphatic hydroxyl groups is 1. The monoisotopic (exact) mass is 172 g/mol. The normalized spacial score (nSPS) is 12.9. The Morgan fingerprint density at radius 1 is 1.25 bits per heavy atom. The Balaban J connectivity index is 2.68. The minimum atomic E-state index is -1.20. The molecule has 1 nitrogen and oxygen atoms in total. The van der Waals surface area contributed by atoms with Crippen LogP contribution < -0.4 is 0 Å². The van der Waals surface area contributed by atoms with E-state index in [1.54, 1.807) is 0 Å². The highest BCUT2D eigenvalue weighted by atomic mass is 19.1. The SMILES string of the molecule is OCCC(F)c1ccc(F)cc1. The summed E-state index contributed by atoms with van der Waals surface area (Å²) < 4.78 is 25.3. The maximum atomic E-state index is 13.0. The molecule has 1 rings (SSSR count). The molecule has 0 heterocycles. The largest absolute Gasteiger partial charge is 0.396 e. The van der Waals surface area contributed by atoms with Crippen LogP contribution in [0.5, 0.6) is 0 Å². The molecule has 0 radical (unpaired) electrons. The number of aliphatic hydroxyl groups excluding tert-OH is 1. The zero-order valence-corrected chi connectivity index (χ0v) is 6.50. The molecule has 1 aromatic carbocycles. The minimum absolute atomic E-state index is 0.0611. The van der Waals surface area contributed by atoms with E-state index in [-0.39, 0.29) is 18.8 Å². The summed E-state index contributed by atoms with van der Waals surface area (Å²) in [5.41, 5.74) is 0.408. The van der Waals surface area contributed by atoms with Gasteiger partial charge in [-0.15, -0.1) is 0 Å². The van der Waals surface area contributed by atoms with Crippen LogP contribution >= 0.6 is 0 Å². The van der Waals surface area contributed by atoms with Crippen LogP contribution in [0.25, 0.3) is 0 Å². The Morgan fingerprint density at radius 2 is 1.83 bits per heavy atom. The number of benzene rings is 1. The van der Waals surface area contributed by atoms with E-state index in [4.69, 9.17) is 5.11 Å². The molecule has 0 fully saturated rings. The van der Waals surface area contributed by atoms with Gasteiger partial charge in [0, 0.05) is 13.0 Å². The average molecular weight is 172 g/mol. The Hall–Kier alpha value is -0.960. The van der Waals surface area contributed by atoms with Crippen molar-refractivity contribution in [3.05, 3.63) is 35.6 Å². The maximum absolute atomic E-state index is 13.0. The van der Waals surface area contributed by atoms with Crippen LogP contribution in [-0.2, 0) is 0 Å². The molecule has 0 amide bonds. The lowest BCUT2D eigenvalue weighted by Gasteiger charge is -2.05. The highest BCUT2D eigenvalue weighted by Crippen LogP contribution is 2.20. The van der Waals surface area contributed by atoms with Crippen LogP contribution in [0.1, 0.15) is 18.2 Å². The third kappa shape index (κ3) is 2.27. The molecular weight excluding hydrogens is 162 g/mol. The van der Waals surface area contributed by atoms with E-state index >= 15 is 0 Å². The van der Waals surface area contributed by atoms with Gasteiger partial charge in [0.1, 0.15) is 12.0 Å². The van der Waals surface area contributed by atoms with Crippen molar-refractivity contribution in [3.8, 4) is 0 Å². The van der Waals surface area contributed by atoms with Gasteiger partial charge < -0.3 is 5.11 Å². The molecule has 1 N–H and O–H groups in total. The first-order valence-corrected chi connectivity index (χ1v) is 3.74. The summed E-state index contributed by atoms with van der Waals surface area (Å²) in [5.74, 6) is -0.380. The van der Waals surface area contributed by atoms with Crippen LogP contribution in [0.2, 0.25) is 0 Å². The second-order valence-corrected chi connectivity index (χ2v) is 2.53. The summed E-state index contributed by atoms with van der Waals surface area (Å²) in [7, 11) is 0. The molecule has 0 spiro atoms. The molecule has 0 aromatic heterocycles. The van der Waals surface area contributed by atoms with Crippen LogP contribution in [0.3, 0.4) is 0 Å². The van der Waals surface area contributed by atoms with Crippen LogP contribution in [0.4, 0.5) is 8.78 Å². The zero-order chi connectivity index (χ0) is 8.97. The minimum Gasteiger partial charge on any atom is -0.396 e. The molecule has 66 valence electrons. The summed E-state index contributed by atoms with van der Waals surface area (Å²) >= 11 is 0. The fraction of sp³-hybridized carbons (Fsp3) is 0.333. The predicted octanol–water partition coefficient (Wildman–Crippen LogP) is 2.22. The van der Waals surface area contributed by atoms with Crippen molar-refractivity contribution in [3.63, 3.8) is 0 Å². The first-order valence-electron chi connectivity index (χ1n) is 3.74. The molecule has 1 aromatic rings. The summed E-state index contributed by atoms with van der Waals surface area (Å²) in [6.45, 7) is -0.196. The van der Waals surface area contributed by atoms with Gasteiger partial charge >= 0.3 is 0 Å². The first kappa shape index (κ1) is 9.13. The van der Waals surface area contributed by atoms with Gasteiger partial charge in [0.15, 0.2) is 0 Å². The van der Waals surface area contributed by atoms with Crippen molar-refractivity contribution in [2.24, 2.45) is 0 Å². The first-order chi connectivity index (χ1) is 5.74. The van der Waals surface area contributed by atoms with E-state index in [0.29, 0.717) is 5.56 Å². The van der Waals surface area contributed by atoms with Gasteiger partial charge in [-0.05, 0) is 17.7 Å². The number of rotatable bonds is 3. The maximum Gasteiger partial charge on any atom is 0.127 e. The summed E-state index contributed by atoms with van der Waals surface area (Å²) in [6.07, 6.45) is -1.14. The van der Waals surface area contributed by atoms with Gasteiger partial charge in [-0.3, -0.25) is 0 Å². The van der Waals surface area contributed by atoms with Crippen molar-refractivity contribution in [2.75, 3.05) is 6.61 Å². The lowest BCUT2D eigenvalue weighted by molar-refractivity contribution is 0.222. The molecule has 1 unspecified atom stereocenters. The smallest absolute Gasteiger partial charge is 0.127 e. The Morgan fingerprint density at radius 3 is 2.33 bits per heavy atom. The van der Waals surface area contributed by atoms with Gasteiger partial charge in [-0.2, -0.15) is 0 Å². The highest BCUT2D eigenvalue weighted by molar-refractivity contribution is 5.18. The van der Waals surface area contributed by atoms with E-state index < -0.39 is 6.17 Å². The third-order valence-electron chi connectivity index (χ3n) is 1.61. The number of hydrogen-bond acceptors (Lipinski definition) is 1. The van der Waals surface area contributed by atoms with Crippen LogP contribution in [0, 0.1) is 5.82 Å². The van der Waals surface area contributed by atoms with Crippen molar-refractivity contribution in [2.45, 2.75) is 12.6 Å². The molecule has 0 aliphatic heterocycles. The van der Waals surface area contributed by atoms with Crippen molar-refractivity contribution in [1.82, 2.24) is 0 Å². The van der Waals surface area contributed by atoms with Gasteiger partial charge in [-0.25, -0.2) is 8.78 Å². The lowest BCUT2D eigenvalue weighted by Crippen LogP contribution is -1.94. The van der Waals surface area contributed by atoms with E-state index in [0.717, 1.165) is 0 Å². The van der Waals surface area contributed by atoms with Crippen LogP contribution in [0.15, 0.2) is 24.3 Å². The standard InChI is InChI=1S/C9H10F2O/c10-8-3-1-7(2-4-8)9(11)5-6-12/h1-4,9,12H,5-6H2. The van der Waals surface area contributed by atoms with Crippen molar-refractivity contribution in [1.29, 1.82) is 0 Å². The Labute approximate surface area is 69.7 Å². The second-order valence-electron chi connectivity index (χ2n) is 2.53.